The molecule has 1 heterocycles. The first-order chi connectivity index (χ1) is 17.5. The van der Waals surface area contributed by atoms with Gasteiger partial charge in [0.1, 0.15) is 0 Å². The van der Waals surface area contributed by atoms with Crippen molar-refractivity contribution in [1.82, 2.24) is 4.98 Å². The topological polar surface area (TPSA) is 24.9 Å². The predicted octanol–water partition coefficient (Wildman–Crippen LogP) is 9.59. The maximum Gasteiger partial charge on any atom is 0.0709 e. The van der Waals surface area contributed by atoms with Gasteiger partial charge in [-0.05, 0) is 79.1 Å². The van der Waals surface area contributed by atoms with E-state index in [1.165, 1.54) is 11.1 Å². The Kier molecular flexibility index (Phi) is 7.22. The van der Waals surface area contributed by atoms with Gasteiger partial charge in [0.05, 0.1) is 5.52 Å². The highest BCUT2D eigenvalue weighted by Gasteiger charge is 2.16. The third-order valence-corrected chi connectivity index (χ3v) is 7.03. The fourth-order valence-electron chi connectivity index (χ4n) is 4.29. The monoisotopic (exact) mass is 552 g/mol. The summed E-state index contributed by atoms with van der Waals surface area (Å²) in [5, 5.41) is 5.35. The van der Waals surface area contributed by atoms with Crippen molar-refractivity contribution in [2.45, 2.75) is 13.8 Å². The van der Waals surface area contributed by atoms with Crippen molar-refractivity contribution in [1.29, 1.82) is 0 Å². The molecule has 5 aromatic rings. The molecule has 36 heavy (non-hydrogen) atoms. The van der Waals surface area contributed by atoms with Crippen molar-refractivity contribution in [3.63, 3.8) is 0 Å². The average Bonchev–Trinajstić information content (AvgIpc) is 2.88. The summed E-state index contributed by atoms with van der Waals surface area (Å²) in [6, 6.07) is 31.4. The van der Waals surface area contributed by atoms with Crippen LogP contribution in [0.25, 0.3) is 33.7 Å². The SMILES string of the molecule is Cc1ccc(/C=C(\CNc2ccc(Br)cc2)c2cnc3ccc(Cl)cc3c2-c2ccc(C)cc2)cc1. The molecule has 0 saturated carbocycles. The van der Waals surface area contributed by atoms with Crippen LogP contribution in [0.4, 0.5) is 5.69 Å². The summed E-state index contributed by atoms with van der Waals surface area (Å²) >= 11 is 10.00. The van der Waals surface area contributed by atoms with E-state index in [2.05, 4.69) is 102 Å². The van der Waals surface area contributed by atoms with E-state index in [0.29, 0.717) is 11.6 Å². The maximum absolute atomic E-state index is 6.48. The first kappa shape index (κ1) is 24.3. The smallest absolute Gasteiger partial charge is 0.0709 e. The molecule has 0 aliphatic carbocycles. The molecule has 0 aliphatic rings. The van der Waals surface area contributed by atoms with Gasteiger partial charge in [0.2, 0.25) is 0 Å². The number of anilines is 1. The molecule has 0 radical (unpaired) electrons. The maximum atomic E-state index is 6.48. The fraction of sp³-hybridized carbons (Fsp3) is 0.0938. The minimum Gasteiger partial charge on any atom is -0.381 e. The molecule has 0 spiro atoms. The molecule has 2 nitrogen and oxygen atoms in total. The third kappa shape index (κ3) is 5.53. The van der Waals surface area contributed by atoms with Gasteiger partial charge >= 0.3 is 0 Å². The lowest BCUT2D eigenvalue weighted by molar-refractivity contribution is 1.31. The number of hydrogen-bond donors (Lipinski definition) is 1. The van der Waals surface area contributed by atoms with E-state index < -0.39 is 0 Å². The number of pyridine rings is 1. The van der Waals surface area contributed by atoms with Gasteiger partial charge in [0.15, 0.2) is 0 Å². The molecule has 0 saturated heterocycles. The zero-order valence-electron chi connectivity index (χ0n) is 20.2. The van der Waals surface area contributed by atoms with Gasteiger partial charge in [0.25, 0.3) is 0 Å². The molecule has 4 aromatic carbocycles. The number of nitrogens with one attached hydrogen (secondary N) is 1. The summed E-state index contributed by atoms with van der Waals surface area (Å²) in [4.78, 5) is 4.84. The summed E-state index contributed by atoms with van der Waals surface area (Å²) in [5.74, 6) is 0. The van der Waals surface area contributed by atoms with Crippen LogP contribution in [0, 0.1) is 13.8 Å². The number of benzene rings is 4. The number of aryl methyl sites for hydroxylation is 2. The Morgan fingerprint density at radius 2 is 1.53 bits per heavy atom. The van der Waals surface area contributed by atoms with Gasteiger partial charge in [-0.3, -0.25) is 4.98 Å². The van der Waals surface area contributed by atoms with Crippen LogP contribution in [0.15, 0.2) is 102 Å². The molecule has 0 bridgehead atoms. The van der Waals surface area contributed by atoms with E-state index in [-0.39, 0.29) is 0 Å². The van der Waals surface area contributed by atoms with Gasteiger partial charge in [0, 0.05) is 44.4 Å². The van der Waals surface area contributed by atoms with Crippen LogP contribution in [-0.4, -0.2) is 11.5 Å². The largest absolute Gasteiger partial charge is 0.381 e. The number of rotatable bonds is 6. The van der Waals surface area contributed by atoms with Crippen LogP contribution >= 0.6 is 27.5 Å². The number of halogens is 2. The first-order valence-corrected chi connectivity index (χ1v) is 13.1. The molecular weight excluding hydrogens is 528 g/mol. The Labute approximate surface area is 225 Å². The lowest BCUT2D eigenvalue weighted by Crippen LogP contribution is -2.06. The standard InChI is InChI=1S/C32H26BrClN2/c1-21-3-7-23(8-4-21)17-25(19-35-28-14-11-26(33)12-15-28)30-20-36-31-16-13-27(34)18-29(31)32(30)24-9-5-22(2)6-10-24/h3-18,20,35H,19H2,1-2H3/b25-17+. The van der Waals surface area contributed by atoms with Gasteiger partial charge in [-0.15, -0.1) is 0 Å². The molecule has 5 rings (SSSR count). The fourth-order valence-corrected chi connectivity index (χ4v) is 4.73. The number of hydrogen-bond acceptors (Lipinski definition) is 2. The zero-order valence-corrected chi connectivity index (χ0v) is 22.6. The summed E-state index contributed by atoms with van der Waals surface area (Å²) in [5.41, 5.74) is 10.1. The van der Waals surface area contributed by atoms with E-state index >= 15 is 0 Å². The van der Waals surface area contributed by atoms with Crippen LogP contribution in [0.5, 0.6) is 0 Å². The number of aromatic nitrogens is 1. The van der Waals surface area contributed by atoms with Gasteiger partial charge in [-0.25, -0.2) is 0 Å². The second-order valence-corrected chi connectivity index (χ2v) is 10.4. The van der Waals surface area contributed by atoms with Crippen LogP contribution in [0.3, 0.4) is 0 Å². The normalized spacial score (nSPS) is 11.6. The molecule has 0 fully saturated rings. The van der Waals surface area contributed by atoms with Crippen molar-refractivity contribution in [2.75, 3.05) is 11.9 Å². The molecule has 0 aliphatic heterocycles. The molecule has 4 heteroatoms. The number of fused-ring (bicyclic) bond motifs is 1. The highest BCUT2D eigenvalue weighted by atomic mass is 79.9. The minimum atomic E-state index is 0.641. The molecule has 1 aromatic heterocycles. The predicted molar refractivity (Wildman–Crippen MR) is 159 cm³/mol. The van der Waals surface area contributed by atoms with Gasteiger partial charge < -0.3 is 5.32 Å². The van der Waals surface area contributed by atoms with E-state index in [4.69, 9.17) is 16.6 Å². The van der Waals surface area contributed by atoms with E-state index in [1.807, 2.05) is 36.5 Å². The van der Waals surface area contributed by atoms with Crippen molar-refractivity contribution < 1.29 is 0 Å². The molecule has 0 amide bonds. The summed E-state index contributed by atoms with van der Waals surface area (Å²) in [6.07, 6.45) is 4.24. The van der Waals surface area contributed by atoms with Crippen molar-refractivity contribution in [2.24, 2.45) is 0 Å². The lowest BCUT2D eigenvalue weighted by Gasteiger charge is -2.18. The Bertz CT molecular complexity index is 1540. The van der Waals surface area contributed by atoms with Crippen LogP contribution in [-0.2, 0) is 0 Å². The highest BCUT2D eigenvalue weighted by Crippen LogP contribution is 2.37. The zero-order chi connectivity index (χ0) is 25.1. The molecule has 0 atom stereocenters. The van der Waals surface area contributed by atoms with Crippen LogP contribution < -0.4 is 5.32 Å². The van der Waals surface area contributed by atoms with Crippen LogP contribution in [0.2, 0.25) is 5.02 Å². The molecule has 0 unspecified atom stereocenters. The van der Waals surface area contributed by atoms with E-state index in [1.54, 1.807) is 0 Å². The minimum absolute atomic E-state index is 0.641. The summed E-state index contributed by atoms with van der Waals surface area (Å²) < 4.78 is 1.06. The third-order valence-electron chi connectivity index (χ3n) is 6.26. The molecule has 1 N–H and O–H groups in total. The summed E-state index contributed by atoms with van der Waals surface area (Å²) in [6.45, 7) is 4.86. The Balaban J connectivity index is 1.69. The van der Waals surface area contributed by atoms with Gasteiger partial charge in [-0.1, -0.05) is 87.2 Å². The Morgan fingerprint density at radius 3 is 2.22 bits per heavy atom. The van der Waals surface area contributed by atoms with Crippen LogP contribution in [0.1, 0.15) is 22.3 Å². The van der Waals surface area contributed by atoms with Crippen molar-refractivity contribution >= 4 is 55.8 Å². The van der Waals surface area contributed by atoms with Gasteiger partial charge in [-0.2, -0.15) is 0 Å². The number of nitrogens with zero attached hydrogens (tertiary/aromatic N) is 1. The second kappa shape index (κ2) is 10.7. The highest BCUT2D eigenvalue weighted by molar-refractivity contribution is 9.10. The van der Waals surface area contributed by atoms with Crippen molar-refractivity contribution in [3.05, 3.63) is 129 Å². The Morgan fingerprint density at radius 1 is 0.861 bits per heavy atom. The lowest BCUT2D eigenvalue weighted by atomic mass is 9.91. The van der Waals surface area contributed by atoms with E-state index in [9.17, 15) is 0 Å². The average molecular weight is 554 g/mol. The van der Waals surface area contributed by atoms with E-state index in [0.717, 1.165) is 48.9 Å². The van der Waals surface area contributed by atoms with Crippen molar-refractivity contribution in [3.8, 4) is 11.1 Å². The second-order valence-electron chi connectivity index (χ2n) is 9.02. The molecular formula is C32H26BrClN2. The first-order valence-electron chi connectivity index (χ1n) is 11.9. The molecule has 178 valence electrons. The Hall–Kier alpha value is -3.40. The summed E-state index contributed by atoms with van der Waals surface area (Å²) in [7, 11) is 0. The quantitative estimate of drug-likeness (QED) is 0.226.